The average molecular weight is 380 g/mol. The van der Waals surface area contributed by atoms with Gasteiger partial charge in [-0.2, -0.15) is 5.09 Å². The second kappa shape index (κ2) is 7.99. The Hall–Kier alpha value is -2.90. The summed E-state index contributed by atoms with van der Waals surface area (Å²) in [5.41, 5.74) is 0.503. The Kier molecular flexibility index (Phi) is 5.97. The van der Waals surface area contributed by atoms with Crippen LogP contribution in [-0.4, -0.2) is 22.0 Å². The molecule has 26 heavy (non-hydrogen) atoms. The van der Waals surface area contributed by atoms with E-state index in [1.54, 1.807) is 31.2 Å². The first-order chi connectivity index (χ1) is 12.2. The van der Waals surface area contributed by atoms with Gasteiger partial charge in [-0.3, -0.25) is 14.9 Å². The minimum Gasteiger partial charge on any atom is -0.480 e. The molecule has 0 bridgehead atoms. The summed E-state index contributed by atoms with van der Waals surface area (Å²) in [6, 6.07) is 10.3. The van der Waals surface area contributed by atoms with E-state index in [9.17, 15) is 19.5 Å². The van der Waals surface area contributed by atoms with Crippen molar-refractivity contribution in [2.75, 3.05) is 0 Å². The molecular formula is C16H17N2O7P. The van der Waals surface area contributed by atoms with Gasteiger partial charge < -0.3 is 14.2 Å². The lowest BCUT2D eigenvalue weighted by molar-refractivity contribution is -0.384. The maximum Gasteiger partial charge on any atom is 0.513 e. The van der Waals surface area contributed by atoms with Gasteiger partial charge in [-0.05, 0) is 37.6 Å². The third-order valence-electron chi connectivity index (χ3n) is 3.31. The molecule has 2 unspecified atom stereocenters. The van der Waals surface area contributed by atoms with Gasteiger partial charge in [0.05, 0.1) is 4.92 Å². The zero-order valence-electron chi connectivity index (χ0n) is 14.0. The summed E-state index contributed by atoms with van der Waals surface area (Å²) in [4.78, 5) is 21.2. The third kappa shape index (κ3) is 5.05. The summed E-state index contributed by atoms with van der Waals surface area (Å²) in [5.74, 6) is -0.966. The molecule has 2 atom stereocenters. The molecular weight excluding hydrogens is 363 g/mol. The molecule has 2 aromatic carbocycles. The second-order valence-electron chi connectivity index (χ2n) is 5.39. The standard InChI is InChI=1S/C16H17N2O7P/c1-11-5-3-4-6-15(11)25-26(23,17-12(2)16(19)20)24-14-9-7-13(8-10-14)18(21)22/h3-10,12H,1-2H3,(H,17,23)(H,19,20). The zero-order chi connectivity index (χ0) is 19.3. The Morgan fingerprint density at radius 2 is 1.81 bits per heavy atom. The Morgan fingerprint density at radius 1 is 1.19 bits per heavy atom. The molecule has 0 fully saturated rings. The van der Waals surface area contributed by atoms with Crippen molar-refractivity contribution >= 4 is 19.4 Å². The number of hydrogen-bond donors (Lipinski definition) is 2. The molecule has 2 aromatic rings. The van der Waals surface area contributed by atoms with E-state index >= 15 is 0 Å². The van der Waals surface area contributed by atoms with E-state index in [0.29, 0.717) is 5.56 Å². The molecule has 0 aromatic heterocycles. The van der Waals surface area contributed by atoms with Gasteiger partial charge in [0, 0.05) is 12.1 Å². The Balaban J connectivity index is 2.30. The van der Waals surface area contributed by atoms with E-state index in [2.05, 4.69) is 5.09 Å². The fourth-order valence-electron chi connectivity index (χ4n) is 1.92. The van der Waals surface area contributed by atoms with Gasteiger partial charge >= 0.3 is 13.7 Å². The van der Waals surface area contributed by atoms with Crippen LogP contribution >= 0.6 is 7.75 Å². The minimum atomic E-state index is -4.14. The van der Waals surface area contributed by atoms with Gasteiger partial charge in [0.25, 0.3) is 5.69 Å². The molecule has 0 saturated heterocycles. The van der Waals surface area contributed by atoms with Gasteiger partial charge in [0.2, 0.25) is 0 Å². The molecule has 10 heteroatoms. The molecule has 0 heterocycles. The summed E-state index contributed by atoms with van der Waals surface area (Å²) in [6.45, 7) is 3.02. The van der Waals surface area contributed by atoms with Crippen molar-refractivity contribution in [3.05, 3.63) is 64.2 Å². The molecule has 0 saturated carbocycles. The number of benzene rings is 2. The lowest BCUT2D eigenvalue weighted by Gasteiger charge is -2.22. The number of aliphatic carboxylic acids is 1. The largest absolute Gasteiger partial charge is 0.513 e. The van der Waals surface area contributed by atoms with Crippen molar-refractivity contribution in [3.63, 3.8) is 0 Å². The lowest BCUT2D eigenvalue weighted by atomic mass is 10.2. The van der Waals surface area contributed by atoms with Crippen LogP contribution in [0.1, 0.15) is 12.5 Å². The van der Waals surface area contributed by atoms with Gasteiger partial charge in [-0.25, -0.2) is 4.57 Å². The molecule has 0 amide bonds. The number of nitro groups is 1. The number of rotatable bonds is 8. The number of carboxylic acid groups (broad SMARTS) is 1. The predicted molar refractivity (Wildman–Crippen MR) is 93.4 cm³/mol. The number of para-hydroxylation sites is 1. The van der Waals surface area contributed by atoms with Crippen molar-refractivity contribution in [2.45, 2.75) is 19.9 Å². The Morgan fingerprint density at radius 3 is 2.35 bits per heavy atom. The molecule has 2 N–H and O–H groups in total. The lowest BCUT2D eigenvalue weighted by Crippen LogP contribution is -2.34. The van der Waals surface area contributed by atoms with Crippen LogP contribution in [0.3, 0.4) is 0 Å². The van der Waals surface area contributed by atoms with Gasteiger partial charge in [-0.1, -0.05) is 18.2 Å². The van der Waals surface area contributed by atoms with E-state index in [1.807, 2.05) is 0 Å². The number of non-ortho nitro benzene ring substituents is 1. The molecule has 0 aliphatic rings. The highest BCUT2D eigenvalue weighted by molar-refractivity contribution is 7.52. The van der Waals surface area contributed by atoms with Crippen molar-refractivity contribution in [1.29, 1.82) is 0 Å². The van der Waals surface area contributed by atoms with E-state index in [-0.39, 0.29) is 17.2 Å². The number of hydrogen-bond acceptors (Lipinski definition) is 6. The maximum atomic E-state index is 13.1. The molecule has 0 spiro atoms. The number of carbonyl (C=O) groups is 1. The van der Waals surface area contributed by atoms with E-state index in [0.717, 1.165) is 0 Å². The van der Waals surface area contributed by atoms with Crippen LogP contribution in [0.4, 0.5) is 5.69 Å². The Bertz CT molecular complexity index is 854. The van der Waals surface area contributed by atoms with Crippen LogP contribution in [0.15, 0.2) is 48.5 Å². The quantitative estimate of drug-likeness (QED) is 0.404. The fraction of sp³-hybridized carbons (Fsp3) is 0.188. The predicted octanol–water partition coefficient (Wildman–Crippen LogP) is 3.53. The van der Waals surface area contributed by atoms with Crippen molar-refractivity contribution < 1.29 is 28.4 Å². The van der Waals surface area contributed by atoms with Crippen LogP contribution in [0, 0.1) is 17.0 Å². The average Bonchev–Trinajstić information content (AvgIpc) is 2.57. The molecule has 0 aliphatic carbocycles. The SMILES string of the molecule is Cc1ccccc1OP(=O)(NC(C)C(=O)O)Oc1ccc([N+](=O)[O-])cc1. The Labute approximate surface area is 149 Å². The summed E-state index contributed by atoms with van der Waals surface area (Å²) < 4.78 is 23.9. The molecule has 138 valence electrons. The van der Waals surface area contributed by atoms with Crippen molar-refractivity contribution in [1.82, 2.24) is 5.09 Å². The third-order valence-corrected chi connectivity index (χ3v) is 4.90. The number of nitro benzene ring substituents is 1. The van der Waals surface area contributed by atoms with Gasteiger partial charge in [-0.15, -0.1) is 0 Å². The van der Waals surface area contributed by atoms with Gasteiger partial charge in [0.1, 0.15) is 17.5 Å². The first-order valence-corrected chi connectivity index (χ1v) is 9.04. The summed E-state index contributed by atoms with van der Waals surface area (Å²) in [6.07, 6.45) is 0. The van der Waals surface area contributed by atoms with Crippen LogP contribution in [0.25, 0.3) is 0 Å². The fourth-order valence-corrected chi connectivity index (χ4v) is 3.51. The molecule has 2 rings (SSSR count). The zero-order valence-corrected chi connectivity index (χ0v) is 14.9. The minimum absolute atomic E-state index is 0.0256. The summed E-state index contributed by atoms with van der Waals surface area (Å²) in [5, 5.41) is 22.1. The van der Waals surface area contributed by atoms with E-state index in [1.165, 1.54) is 31.2 Å². The molecule has 0 radical (unpaired) electrons. The first-order valence-electron chi connectivity index (χ1n) is 7.50. The van der Waals surface area contributed by atoms with Crippen molar-refractivity contribution in [2.24, 2.45) is 0 Å². The monoisotopic (exact) mass is 380 g/mol. The summed E-state index contributed by atoms with van der Waals surface area (Å²) >= 11 is 0. The highest BCUT2D eigenvalue weighted by Crippen LogP contribution is 2.46. The van der Waals surface area contributed by atoms with E-state index < -0.39 is 24.7 Å². The number of nitrogens with zero attached hydrogens (tertiary/aromatic N) is 1. The first kappa shape index (κ1) is 19.4. The van der Waals surface area contributed by atoms with Gasteiger partial charge in [0.15, 0.2) is 0 Å². The highest BCUT2D eigenvalue weighted by atomic mass is 31.2. The van der Waals surface area contributed by atoms with Crippen LogP contribution in [-0.2, 0) is 9.36 Å². The number of nitrogens with one attached hydrogen (secondary N) is 1. The normalized spacial score (nSPS) is 14.1. The van der Waals surface area contributed by atoms with E-state index in [4.69, 9.17) is 14.2 Å². The molecule has 9 nitrogen and oxygen atoms in total. The number of carboxylic acids is 1. The second-order valence-corrected chi connectivity index (χ2v) is 7.00. The smallest absolute Gasteiger partial charge is 0.480 e. The van der Waals surface area contributed by atoms with Crippen LogP contribution in [0.5, 0.6) is 11.5 Å². The van der Waals surface area contributed by atoms with Crippen LogP contribution in [0.2, 0.25) is 0 Å². The summed E-state index contributed by atoms with van der Waals surface area (Å²) in [7, 11) is -4.14. The number of aryl methyl sites for hydroxylation is 1. The highest BCUT2D eigenvalue weighted by Gasteiger charge is 2.33. The maximum absolute atomic E-state index is 13.1. The van der Waals surface area contributed by atoms with Crippen molar-refractivity contribution in [3.8, 4) is 11.5 Å². The van der Waals surface area contributed by atoms with Crippen LogP contribution < -0.4 is 14.1 Å². The topological polar surface area (TPSA) is 128 Å². The molecule has 0 aliphatic heterocycles.